The number of nitrogens with one attached hydrogen (secondary N) is 8. The lowest BCUT2D eigenvalue weighted by Gasteiger charge is -2.32. The minimum atomic E-state index is -1.36. The summed E-state index contributed by atoms with van der Waals surface area (Å²) in [5.41, 5.74) is 1.33. The third-order valence-corrected chi connectivity index (χ3v) is 21.2. The highest BCUT2D eigenvalue weighted by Crippen LogP contribution is 2.53. The number of aliphatic carboxylic acids is 4. The smallest absolute Gasteiger partial charge is 0.326 e. The molecule has 1 aliphatic carbocycles. The molecule has 8 bridgehead atoms. The molecule has 0 saturated heterocycles. The van der Waals surface area contributed by atoms with Crippen LogP contribution in [0.4, 0.5) is 0 Å². The highest BCUT2D eigenvalue weighted by atomic mass is 16.5. The molecule has 12 N–H and O–H groups in total. The van der Waals surface area contributed by atoms with Gasteiger partial charge in [0.15, 0.2) is 0 Å². The Kier molecular flexibility index (Phi) is 37.6. The lowest BCUT2D eigenvalue weighted by atomic mass is 9.77. The van der Waals surface area contributed by atoms with E-state index in [1.807, 2.05) is 0 Å². The van der Waals surface area contributed by atoms with Crippen molar-refractivity contribution in [3.05, 3.63) is 93.0 Å². The molecule has 0 heterocycles. The Morgan fingerprint density at radius 3 is 0.500 bits per heavy atom. The van der Waals surface area contributed by atoms with Crippen molar-refractivity contribution in [2.24, 2.45) is 47.3 Å². The van der Waals surface area contributed by atoms with Crippen molar-refractivity contribution in [3.8, 4) is 46.0 Å². The van der Waals surface area contributed by atoms with E-state index in [4.69, 9.17) is 37.9 Å². The molecule has 0 aromatic heterocycles. The van der Waals surface area contributed by atoms with Gasteiger partial charge in [-0.15, -0.1) is 0 Å². The van der Waals surface area contributed by atoms with Gasteiger partial charge in [-0.2, -0.15) is 0 Å². The highest BCUT2D eigenvalue weighted by molar-refractivity contribution is 5.94. The van der Waals surface area contributed by atoms with Crippen molar-refractivity contribution in [2.45, 2.75) is 234 Å². The topological polar surface area (TPSA) is 456 Å². The molecular formula is C88H128N8O24. The fraction of sp³-hybridized carbons (Fsp3) is 0.591. The van der Waals surface area contributed by atoms with Gasteiger partial charge in [0.25, 0.3) is 0 Å². The van der Waals surface area contributed by atoms with Crippen molar-refractivity contribution in [1.82, 2.24) is 42.5 Å². The first-order valence-corrected chi connectivity index (χ1v) is 40.7. The lowest BCUT2D eigenvalue weighted by Crippen LogP contribution is -2.54. The number of amides is 8. The SMILES string of the molecule is COc1cc(OC)c2cc1C(CC(=O)N[C@@H](C(=O)N[C@H](CC(C)C)C(=O)O)C(C)C)c1cc(c(OC)cc1OC)C(CC(=O)N[C@@H](C(=O)N[C@H](CC(C)C)C(=O)O)C(C)C)c1cc(c(OC)cc1OC)C(CC(=O)N[C@@H](C(=O)N[C@H](CC(C)C)C(=O)O)C(C)C)c1cc(c(OC)cc1OC)C2CC(=O)N[C@@H](C(=O)N[C@H](CC(C)C)C(=O)O)C(C)C. The van der Waals surface area contributed by atoms with Crippen LogP contribution in [0.5, 0.6) is 46.0 Å². The van der Waals surface area contributed by atoms with E-state index < -0.39 is 192 Å². The molecule has 0 fully saturated rings. The average Bonchev–Trinajstić information content (AvgIpc) is 0.745. The van der Waals surface area contributed by atoms with E-state index in [2.05, 4.69) is 42.5 Å². The van der Waals surface area contributed by atoms with Crippen LogP contribution < -0.4 is 80.4 Å². The largest absolute Gasteiger partial charge is 0.496 e. The zero-order valence-electron chi connectivity index (χ0n) is 73.8. The number of carbonyl (C=O) groups excluding carboxylic acids is 8. The van der Waals surface area contributed by atoms with Gasteiger partial charge in [-0.1, -0.05) is 111 Å². The van der Waals surface area contributed by atoms with E-state index in [0.717, 1.165) is 0 Å². The number of carbonyl (C=O) groups is 12. The summed E-state index contributed by atoms with van der Waals surface area (Å²) in [7, 11) is 10.8. The van der Waals surface area contributed by atoms with Crippen molar-refractivity contribution in [3.63, 3.8) is 0 Å². The maximum absolute atomic E-state index is 15.7. The molecule has 120 heavy (non-hydrogen) atoms. The number of ether oxygens (including phenoxy) is 8. The summed E-state index contributed by atoms with van der Waals surface area (Å²) in [6.07, 6.45) is -2.26. The Hall–Kier alpha value is -11.1. The fourth-order valence-corrected chi connectivity index (χ4v) is 15.2. The van der Waals surface area contributed by atoms with E-state index in [-0.39, 0.29) is 140 Å². The van der Waals surface area contributed by atoms with Crippen molar-refractivity contribution in [1.29, 1.82) is 0 Å². The molecule has 0 unspecified atom stereocenters. The summed E-state index contributed by atoms with van der Waals surface area (Å²) in [4.78, 5) is 172. The molecule has 0 radical (unpaired) electrons. The van der Waals surface area contributed by atoms with Crippen LogP contribution in [0.3, 0.4) is 0 Å². The van der Waals surface area contributed by atoms with Gasteiger partial charge >= 0.3 is 23.9 Å². The first kappa shape index (κ1) is 99.5. The van der Waals surface area contributed by atoms with Crippen LogP contribution in [-0.4, -0.2) is 197 Å². The monoisotopic (exact) mass is 1680 g/mol. The summed E-state index contributed by atoms with van der Waals surface area (Å²) < 4.78 is 50.7. The van der Waals surface area contributed by atoms with Gasteiger partial charge in [-0.3, -0.25) is 38.4 Å². The molecule has 5 rings (SSSR count). The second kappa shape index (κ2) is 45.4. The summed E-state index contributed by atoms with van der Waals surface area (Å²) in [6, 6.07) is 1.74. The van der Waals surface area contributed by atoms with E-state index in [9.17, 15) is 58.8 Å². The third-order valence-electron chi connectivity index (χ3n) is 21.2. The van der Waals surface area contributed by atoms with E-state index in [1.165, 1.54) is 81.1 Å². The number of benzene rings is 4. The number of carboxylic acid groups (broad SMARTS) is 4. The Morgan fingerprint density at radius 2 is 0.392 bits per heavy atom. The Bertz CT molecular complexity index is 3650. The molecule has 0 saturated carbocycles. The number of rotatable bonds is 44. The molecule has 32 nitrogen and oxygen atoms in total. The van der Waals surface area contributed by atoms with Crippen molar-refractivity contribution in [2.75, 3.05) is 56.9 Å². The molecular weight excluding hydrogens is 1550 g/mol. The maximum atomic E-state index is 15.7. The van der Waals surface area contributed by atoms with Crippen LogP contribution in [-0.2, 0) is 57.5 Å². The molecule has 1 aliphatic rings. The van der Waals surface area contributed by atoms with Gasteiger partial charge in [0, 0.05) is 118 Å². The van der Waals surface area contributed by atoms with Crippen LogP contribution in [0, 0.1) is 47.3 Å². The minimum Gasteiger partial charge on any atom is -0.496 e. The highest BCUT2D eigenvalue weighted by Gasteiger charge is 2.42. The Labute approximate surface area is 703 Å². The average molecular weight is 1680 g/mol. The van der Waals surface area contributed by atoms with Gasteiger partial charge in [-0.25, -0.2) is 19.2 Å². The normalized spacial score (nSPS) is 16.5. The summed E-state index contributed by atoms with van der Waals surface area (Å²) in [5.74, 6) is -19.9. The van der Waals surface area contributed by atoms with E-state index >= 15 is 19.2 Å². The third kappa shape index (κ3) is 26.5. The molecule has 0 aliphatic heterocycles. The van der Waals surface area contributed by atoms with Gasteiger partial charge in [0.2, 0.25) is 47.3 Å². The van der Waals surface area contributed by atoms with Crippen LogP contribution in [0.1, 0.15) is 230 Å². The Balaban J connectivity index is 2.16. The van der Waals surface area contributed by atoms with E-state index in [0.29, 0.717) is 0 Å². The van der Waals surface area contributed by atoms with Crippen LogP contribution in [0.25, 0.3) is 0 Å². The first-order chi connectivity index (χ1) is 56.3. The minimum absolute atomic E-state index is 0.0494. The number of carboxylic acids is 4. The van der Waals surface area contributed by atoms with Gasteiger partial charge in [0.1, 0.15) is 94.3 Å². The second-order valence-electron chi connectivity index (χ2n) is 33.6. The van der Waals surface area contributed by atoms with Crippen molar-refractivity contribution < 1.29 is 116 Å². The van der Waals surface area contributed by atoms with Crippen LogP contribution in [0.15, 0.2) is 48.5 Å². The molecule has 32 heteroatoms. The summed E-state index contributed by atoms with van der Waals surface area (Å²) in [6.45, 7) is 27.6. The van der Waals surface area contributed by atoms with Crippen LogP contribution >= 0.6 is 0 Å². The predicted octanol–water partition coefficient (Wildman–Crippen LogP) is 9.18. The molecule has 664 valence electrons. The fourth-order valence-electron chi connectivity index (χ4n) is 15.2. The lowest BCUT2D eigenvalue weighted by molar-refractivity contribution is -0.143. The molecule has 8 amide bonds. The van der Waals surface area contributed by atoms with Gasteiger partial charge in [-0.05, 0) is 97.3 Å². The number of methoxy groups -OCH3 is 8. The number of hydrogen-bond acceptors (Lipinski definition) is 20. The maximum Gasteiger partial charge on any atom is 0.326 e. The first-order valence-electron chi connectivity index (χ1n) is 40.7. The molecule has 4 aromatic carbocycles. The summed E-state index contributed by atoms with van der Waals surface area (Å²) >= 11 is 0. The van der Waals surface area contributed by atoms with E-state index in [1.54, 1.807) is 135 Å². The van der Waals surface area contributed by atoms with Gasteiger partial charge in [0.05, 0.1) is 56.9 Å². The van der Waals surface area contributed by atoms with Crippen molar-refractivity contribution >= 4 is 71.1 Å². The number of hydrogen-bond donors (Lipinski definition) is 12. The molecule has 4 aromatic rings. The standard InChI is InChI=1S/C88H128N8O24/c1-41(2)25-61(85(105)106)89-81(101)77(45(9)10)93-73(97)33-49-53-29-55(67(115-19)37-65(53)113-17)50(34-74(98)94-78(46(11)12)82(102)90-62(86(107)108)26-42(3)4)57-31-59(71(119-23)39-69(57)117-21)52(36-76(100)96-80(48(15)16)84(104)92-64(88(111)112)28-44(7)8)60-32-58(70(118-22)40-72(60)120-24)51(56-30-54(49)66(114-18)38-68(56)116-20)35-75(99)95-79(47(13)14)83(103)91-63(87(109)110)27-43(5)6/h29-32,37-52,61-64,77-80H,25-28,33-36H2,1-24H3,(H,89,101)(H,90,102)(H,91,103)(H,92,104)(H,93,97)(H,94,98)(H,95,99)(H,96,100)(H,105,106)(H,107,108)(H,109,110)(H,111,112)/t49?,50?,51?,52?,61-,62-,63-,64-,77-,78-,79-,80-/m1/s1. The quantitative estimate of drug-likeness (QED) is 0.0196. The number of fused-ring (bicyclic) bond motifs is 8. The second-order valence-corrected chi connectivity index (χ2v) is 33.6. The molecule has 0 spiro atoms. The van der Waals surface area contributed by atoms with Gasteiger partial charge < -0.3 is 101 Å². The Morgan fingerprint density at radius 1 is 0.250 bits per heavy atom. The van der Waals surface area contributed by atoms with Crippen LogP contribution in [0.2, 0.25) is 0 Å². The zero-order valence-corrected chi connectivity index (χ0v) is 73.8. The predicted molar refractivity (Wildman–Crippen MR) is 447 cm³/mol. The summed E-state index contributed by atoms with van der Waals surface area (Å²) in [5, 5.41) is 63.4. The zero-order chi connectivity index (χ0) is 90.3. The molecule has 8 atom stereocenters.